The van der Waals surface area contributed by atoms with Crippen molar-refractivity contribution in [3.8, 4) is 5.75 Å². The van der Waals surface area contributed by atoms with Crippen molar-refractivity contribution < 1.29 is 5.11 Å². The lowest BCUT2D eigenvalue weighted by atomic mass is 10.1. The van der Waals surface area contributed by atoms with Crippen molar-refractivity contribution in [2.45, 2.75) is 6.04 Å². The van der Waals surface area contributed by atoms with Crippen LogP contribution in [0.3, 0.4) is 0 Å². The van der Waals surface area contributed by atoms with E-state index in [4.69, 9.17) is 23.1 Å². The third-order valence-electron chi connectivity index (χ3n) is 1.67. The van der Waals surface area contributed by atoms with Crippen molar-refractivity contribution in [2.24, 2.45) is 11.5 Å². The summed E-state index contributed by atoms with van der Waals surface area (Å²) in [6, 6.07) is 4.68. The molecule has 0 amide bonds. The molecule has 1 aromatic carbocycles. The Morgan fingerprint density at radius 3 is 2.75 bits per heavy atom. The highest BCUT2D eigenvalue weighted by Gasteiger charge is 2.10. The molecule has 0 bridgehead atoms. The Morgan fingerprint density at radius 2 is 2.17 bits per heavy atom. The number of hydrogen-bond donors (Lipinski definition) is 3. The second kappa shape index (κ2) is 3.76. The molecular weight excluding hydrogens is 176 g/mol. The number of hydrogen-bond acceptors (Lipinski definition) is 3. The lowest BCUT2D eigenvalue weighted by Gasteiger charge is -2.11. The zero-order chi connectivity index (χ0) is 9.14. The highest BCUT2D eigenvalue weighted by Crippen LogP contribution is 2.29. The van der Waals surface area contributed by atoms with Crippen molar-refractivity contribution in [3.63, 3.8) is 0 Å². The molecule has 0 radical (unpaired) electrons. The second-order valence-corrected chi connectivity index (χ2v) is 2.93. The standard InChI is InChI=1S/C8H11ClN2O/c9-6-3-1-2-5(8(6)12)7(11)4-10/h1-3,7,12H,4,10-11H2/t7-/m0/s1. The van der Waals surface area contributed by atoms with Crippen molar-refractivity contribution in [2.75, 3.05) is 6.54 Å². The summed E-state index contributed by atoms with van der Waals surface area (Å²) in [5.74, 6) is 0.0251. The highest BCUT2D eigenvalue weighted by atomic mass is 35.5. The van der Waals surface area contributed by atoms with E-state index in [9.17, 15) is 5.11 Å². The monoisotopic (exact) mass is 186 g/mol. The molecule has 0 aromatic heterocycles. The van der Waals surface area contributed by atoms with Gasteiger partial charge in [-0.1, -0.05) is 23.7 Å². The Hall–Kier alpha value is -0.770. The van der Waals surface area contributed by atoms with Crippen molar-refractivity contribution in [1.82, 2.24) is 0 Å². The van der Waals surface area contributed by atoms with Gasteiger partial charge in [0.1, 0.15) is 5.75 Å². The van der Waals surface area contributed by atoms with E-state index in [0.717, 1.165) is 0 Å². The van der Waals surface area contributed by atoms with E-state index in [0.29, 0.717) is 10.6 Å². The molecular formula is C8H11ClN2O. The van der Waals surface area contributed by atoms with Crippen LogP contribution in [0.2, 0.25) is 5.02 Å². The number of phenolic OH excluding ortho intramolecular Hbond substituents is 1. The first-order valence-electron chi connectivity index (χ1n) is 3.60. The predicted molar refractivity (Wildman–Crippen MR) is 49.1 cm³/mol. The van der Waals surface area contributed by atoms with Crippen molar-refractivity contribution >= 4 is 11.6 Å². The number of nitrogens with two attached hydrogens (primary N) is 2. The fourth-order valence-electron chi connectivity index (χ4n) is 0.958. The summed E-state index contributed by atoms with van der Waals surface area (Å²) in [5, 5.41) is 9.73. The van der Waals surface area contributed by atoms with Gasteiger partial charge in [-0.25, -0.2) is 0 Å². The van der Waals surface area contributed by atoms with E-state index < -0.39 is 0 Å². The molecule has 0 saturated heterocycles. The van der Waals surface area contributed by atoms with Crippen LogP contribution in [0.1, 0.15) is 11.6 Å². The quantitative estimate of drug-likeness (QED) is 0.646. The Kier molecular flexibility index (Phi) is 2.92. The SMILES string of the molecule is NC[C@H](N)c1cccc(Cl)c1O. The topological polar surface area (TPSA) is 72.3 Å². The summed E-state index contributed by atoms with van der Waals surface area (Å²) < 4.78 is 0. The summed E-state index contributed by atoms with van der Waals surface area (Å²) in [4.78, 5) is 0. The van der Waals surface area contributed by atoms with Gasteiger partial charge in [0.05, 0.1) is 5.02 Å². The summed E-state index contributed by atoms with van der Waals surface area (Å²) in [6.07, 6.45) is 0. The minimum absolute atomic E-state index is 0.0251. The first kappa shape index (κ1) is 9.32. The van der Waals surface area contributed by atoms with E-state index in [1.165, 1.54) is 0 Å². The van der Waals surface area contributed by atoms with Crippen LogP contribution >= 0.6 is 11.6 Å². The van der Waals surface area contributed by atoms with Crippen molar-refractivity contribution in [3.05, 3.63) is 28.8 Å². The normalized spacial score (nSPS) is 12.9. The Balaban J connectivity index is 3.07. The Morgan fingerprint density at radius 1 is 1.50 bits per heavy atom. The molecule has 1 aromatic rings. The second-order valence-electron chi connectivity index (χ2n) is 2.52. The number of aromatic hydroxyl groups is 1. The molecule has 0 aliphatic rings. The first-order valence-corrected chi connectivity index (χ1v) is 3.97. The van der Waals surface area contributed by atoms with Crippen LogP contribution in [-0.2, 0) is 0 Å². The molecule has 3 nitrogen and oxygen atoms in total. The Labute approximate surface area is 75.9 Å². The molecule has 12 heavy (non-hydrogen) atoms. The van der Waals surface area contributed by atoms with E-state index >= 15 is 0 Å². The lowest BCUT2D eigenvalue weighted by molar-refractivity contribution is 0.462. The van der Waals surface area contributed by atoms with Crippen LogP contribution in [-0.4, -0.2) is 11.7 Å². The van der Waals surface area contributed by atoms with Crippen LogP contribution in [0.15, 0.2) is 18.2 Å². The summed E-state index contributed by atoms with van der Waals surface area (Å²) in [6.45, 7) is 0.286. The molecule has 1 atom stereocenters. The molecule has 0 fully saturated rings. The van der Waals surface area contributed by atoms with Gasteiger partial charge in [0.15, 0.2) is 0 Å². The van der Waals surface area contributed by atoms with Gasteiger partial charge in [0, 0.05) is 18.2 Å². The van der Waals surface area contributed by atoms with Crippen LogP contribution in [0.25, 0.3) is 0 Å². The molecule has 0 unspecified atom stereocenters. The molecule has 0 spiro atoms. The van der Waals surface area contributed by atoms with Gasteiger partial charge in [-0.3, -0.25) is 0 Å². The molecule has 0 saturated carbocycles. The number of phenols is 1. The van der Waals surface area contributed by atoms with E-state index in [1.807, 2.05) is 0 Å². The van der Waals surface area contributed by atoms with Gasteiger partial charge in [-0.2, -0.15) is 0 Å². The predicted octanol–water partition coefficient (Wildman–Crippen LogP) is 1.00. The summed E-state index contributed by atoms with van der Waals surface area (Å²) in [7, 11) is 0. The van der Waals surface area contributed by atoms with Gasteiger partial charge in [-0.15, -0.1) is 0 Å². The minimum Gasteiger partial charge on any atom is -0.506 e. The first-order chi connectivity index (χ1) is 5.66. The molecule has 0 aliphatic carbocycles. The number of halogens is 1. The maximum atomic E-state index is 9.43. The van der Waals surface area contributed by atoms with Gasteiger partial charge < -0.3 is 16.6 Å². The fraction of sp³-hybridized carbons (Fsp3) is 0.250. The zero-order valence-corrected chi connectivity index (χ0v) is 7.25. The molecule has 0 heterocycles. The summed E-state index contributed by atoms with van der Waals surface area (Å²) >= 11 is 5.67. The zero-order valence-electron chi connectivity index (χ0n) is 6.50. The largest absolute Gasteiger partial charge is 0.506 e. The number of rotatable bonds is 2. The van der Waals surface area contributed by atoms with E-state index in [1.54, 1.807) is 18.2 Å². The molecule has 5 N–H and O–H groups in total. The van der Waals surface area contributed by atoms with E-state index in [2.05, 4.69) is 0 Å². The Bertz CT molecular complexity index is 278. The van der Waals surface area contributed by atoms with Crippen LogP contribution in [0.5, 0.6) is 5.75 Å². The molecule has 4 heteroatoms. The van der Waals surface area contributed by atoms with Crippen molar-refractivity contribution in [1.29, 1.82) is 0 Å². The van der Waals surface area contributed by atoms with Crippen LogP contribution in [0, 0.1) is 0 Å². The third kappa shape index (κ3) is 1.69. The molecule has 66 valence electrons. The van der Waals surface area contributed by atoms with Gasteiger partial charge in [0.2, 0.25) is 0 Å². The number of para-hydroxylation sites is 1. The van der Waals surface area contributed by atoms with Gasteiger partial charge >= 0.3 is 0 Å². The average molecular weight is 187 g/mol. The van der Waals surface area contributed by atoms with E-state index in [-0.39, 0.29) is 18.3 Å². The highest BCUT2D eigenvalue weighted by molar-refractivity contribution is 6.32. The fourth-order valence-corrected chi connectivity index (χ4v) is 1.14. The molecule has 1 rings (SSSR count). The van der Waals surface area contributed by atoms with Crippen LogP contribution in [0.4, 0.5) is 0 Å². The maximum absolute atomic E-state index is 9.43. The maximum Gasteiger partial charge on any atom is 0.138 e. The lowest BCUT2D eigenvalue weighted by Crippen LogP contribution is -2.20. The van der Waals surface area contributed by atoms with Gasteiger partial charge in [-0.05, 0) is 6.07 Å². The van der Waals surface area contributed by atoms with Gasteiger partial charge in [0.25, 0.3) is 0 Å². The molecule has 0 aliphatic heterocycles. The smallest absolute Gasteiger partial charge is 0.138 e. The van der Waals surface area contributed by atoms with Crippen LogP contribution < -0.4 is 11.5 Å². The number of benzene rings is 1. The minimum atomic E-state index is -0.358. The third-order valence-corrected chi connectivity index (χ3v) is 1.98. The summed E-state index contributed by atoms with van der Waals surface area (Å²) in [5.41, 5.74) is 11.6. The average Bonchev–Trinajstić information content (AvgIpc) is 2.08.